The Balaban J connectivity index is 2.14. The summed E-state index contributed by atoms with van der Waals surface area (Å²) < 4.78 is 5.34. The predicted molar refractivity (Wildman–Crippen MR) is 59.4 cm³/mol. The standard InChI is InChI=1S/C13H16O2/c1-2-10-5-7-11(8-6-10)13(14)12-4-3-9-15-12/h4-8,13-14H,2-3,9H2,1H3. The fourth-order valence-corrected chi connectivity index (χ4v) is 1.73. The number of aryl methyl sites for hydroxylation is 1. The van der Waals surface area contributed by atoms with E-state index in [1.54, 1.807) is 0 Å². The normalized spacial score (nSPS) is 17.1. The number of rotatable bonds is 3. The van der Waals surface area contributed by atoms with Crippen LogP contribution < -0.4 is 0 Å². The molecular weight excluding hydrogens is 188 g/mol. The Morgan fingerprint density at radius 1 is 1.33 bits per heavy atom. The number of aliphatic hydroxyl groups is 1. The monoisotopic (exact) mass is 204 g/mol. The first-order valence-electron chi connectivity index (χ1n) is 5.41. The van der Waals surface area contributed by atoms with Gasteiger partial charge in [0.25, 0.3) is 0 Å². The Hall–Kier alpha value is -1.28. The van der Waals surface area contributed by atoms with E-state index in [1.807, 2.05) is 30.3 Å². The molecule has 80 valence electrons. The van der Waals surface area contributed by atoms with Gasteiger partial charge in [-0.05, 0) is 23.6 Å². The van der Waals surface area contributed by atoms with Crippen molar-refractivity contribution >= 4 is 0 Å². The molecule has 1 atom stereocenters. The van der Waals surface area contributed by atoms with E-state index in [4.69, 9.17) is 4.74 Å². The maximum Gasteiger partial charge on any atom is 0.136 e. The first kappa shape index (κ1) is 10.2. The van der Waals surface area contributed by atoms with E-state index in [2.05, 4.69) is 6.92 Å². The zero-order valence-corrected chi connectivity index (χ0v) is 8.94. The maximum absolute atomic E-state index is 9.99. The Morgan fingerprint density at radius 2 is 2.07 bits per heavy atom. The predicted octanol–water partition coefficient (Wildman–Crippen LogP) is 2.59. The van der Waals surface area contributed by atoms with Gasteiger partial charge in [0, 0.05) is 6.42 Å². The molecule has 15 heavy (non-hydrogen) atoms. The summed E-state index contributed by atoms with van der Waals surface area (Å²) in [5.41, 5.74) is 2.19. The topological polar surface area (TPSA) is 29.5 Å². The van der Waals surface area contributed by atoms with Crippen LogP contribution in [-0.2, 0) is 11.2 Å². The smallest absolute Gasteiger partial charge is 0.136 e. The van der Waals surface area contributed by atoms with Gasteiger partial charge in [-0.1, -0.05) is 31.2 Å². The van der Waals surface area contributed by atoms with Gasteiger partial charge in [0.1, 0.15) is 11.9 Å². The minimum absolute atomic E-state index is 0.599. The van der Waals surface area contributed by atoms with E-state index in [1.165, 1.54) is 5.56 Å². The highest BCUT2D eigenvalue weighted by molar-refractivity contribution is 5.28. The molecule has 1 aromatic rings. The average Bonchev–Trinajstić information content (AvgIpc) is 2.82. The lowest BCUT2D eigenvalue weighted by Gasteiger charge is -2.12. The molecule has 2 nitrogen and oxygen atoms in total. The van der Waals surface area contributed by atoms with Gasteiger partial charge in [-0.15, -0.1) is 0 Å². The van der Waals surface area contributed by atoms with Crippen LogP contribution in [0.1, 0.15) is 30.6 Å². The lowest BCUT2D eigenvalue weighted by atomic mass is 10.0. The third-order valence-corrected chi connectivity index (χ3v) is 2.71. The van der Waals surface area contributed by atoms with E-state index in [9.17, 15) is 5.11 Å². The quantitative estimate of drug-likeness (QED) is 0.820. The fourth-order valence-electron chi connectivity index (χ4n) is 1.73. The van der Waals surface area contributed by atoms with Gasteiger partial charge in [0.2, 0.25) is 0 Å². The number of ether oxygens (including phenoxy) is 1. The Bertz CT molecular complexity index is 351. The number of hydrogen-bond acceptors (Lipinski definition) is 2. The van der Waals surface area contributed by atoms with E-state index in [0.29, 0.717) is 12.4 Å². The maximum atomic E-state index is 9.99. The summed E-state index contributed by atoms with van der Waals surface area (Å²) in [6.07, 6.45) is 3.28. The third-order valence-electron chi connectivity index (χ3n) is 2.71. The highest BCUT2D eigenvalue weighted by Gasteiger charge is 2.17. The molecule has 1 N–H and O–H groups in total. The van der Waals surface area contributed by atoms with Crippen LogP contribution in [0, 0.1) is 0 Å². The summed E-state index contributed by atoms with van der Waals surface area (Å²) >= 11 is 0. The molecule has 1 heterocycles. The van der Waals surface area contributed by atoms with Crippen LogP contribution in [0.15, 0.2) is 36.1 Å². The first-order chi connectivity index (χ1) is 7.31. The zero-order valence-electron chi connectivity index (χ0n) is 8.94. The molecule has 0 fully saturated rings. The molecule has 0 saturated heterocycles. The van der Waals surface area contributed by atoms with Crippen LogP contribution in [0.4, 0.5) is 0 Å². The molecule has 1 unspecified atom stereocenters. The summed E-state index contributed by atoms with van der Waals surface area (Å²) in [4.78, 5) is 0. The van der Waals surface area contributed by atoms with Crippen LogP contribution >= 0.6 is 0 Å². The Morgan fingerprint density at radius 3 is 2.60 bits per heavy atom. The van der Waals surface area contributed by atoms with Gasteiger partial charge in [-0.3, -0.25) is 0 Å². The molecule has 2 rings (SSSR count). The molecule has 0 spiro atoms. The van der Waals surface area contributed by atoms with Crippen molar-refractivity contribution in [3.8, 4) is 0 Å². The van der Waals surface area contributed by atoms with Crippen LogP contribution in [0.5, 0.6) is 0 Å². The van der Waals surface area contributed by atoms with Gasteiger partial charge >= 0.3 is 0 Å². The van der Waals surface area contributed by atoms with Gasteiger partial charge in [0.15, 0.2) is 0 Å². The molecule has 2 heteroatoms. The summed E-state index contributed by atoms with van der Waals surface area (Å²) in [5, 5.41) is 9.99. The van der Waals surface area contributed by atoms with E-state index < -0.39 is 6.10 Å². The molecule has 1 aromatic carbocycles. The minimum Gasteiger partial charge on any atom is -0.495 e. The van der Waals surface area contributed by atoms with Crippen LogP contribution in [0.3, 0.4) is 0 Å². The lowest BCUT2D eigenvalue weighted by molar-refractivity contribution is 0.119. The fraction of sp³-hybridized carbons (Fsp3) is 0.385. The van der Waals surface area contributed by atoms with E-state index in [0.717, 1.165) is 18.4 Å². The Kier molecular flexibility index (Phi) is 3.07. The second-order valence-electron chi connectivity index (χ2n) is 3.74. The van der Waals surface area contributed by atoms with Crippen LogP contribution in [0.25, 0.3) is 0 Å². The molecule has 1 aliphatic heterocycles. The van der Waals surface area contributed by atoms with Crippen LogP contribution in [0.2, 0.25) is 0 Å². The zero-order chi connectivity index (χ0) is 10.7. The molecule has 0 aliphatic carbocycles. The van der Waals surface area contributed by atoms with Crippen molar-refractivity contribution < 1.29 is 9.84 Å². The van der Waals surface area contributed by atoms with Crippen molar-refractivity contribution in [3.63, 3.8) is 0 Å². The van der Waals surface area contributed by atoms with Gasteiger partial charge in [-0.25, -0.2) is 0 Å². The van der Waals surface area contributed by atoms with Crippen molar-refractivity contribution in [2.24, 2.45) is 0 Å². The molecule has 0 radical (unpaired) electrons. The molecule has 1 aliphatic rings. The van der Waals surface area contributed by atoms with Gasteiger partial charge < -0.3 is 9.84 Å². The summed E-state index contributed by atoms with van der Waals surface area (Å²) in [7, 11) is 0. The lowest BCUT2D eigenvalue weighted by Crippen LogP contribution is -2.02. The first-order valence-corrected chi connectivity index (χ1v) is 5.41. The SMILES string of the molecule is CCc1ccc(C(O)C2=CCCO2)cc1. The molecule has 0 bridgehead atoms. The van der Waals surface area contributed by atoms with Crippen LogP contribution in [-0.4, -0.2) is 11.7 Å². The van der Waals surface area contributed by atoms with E-state index >= 15 is 0 Å². The van der Waals surface area contributed by atoms with Crippen molar-refractivity contribution in [3.05, 3.63) is 47.2 Å². The Labute approximate surface area is 90.2 Å². The molecule has 0 aromatic heterocycles. The average molecular weight is 204 g/mol. The summed E-state index contributed by atoms with van der Waals surface area (Å²) in [5.74, 6) is 0.694. The van der Waals surface area contributed by atoms with Gasteiger partial charge in [-0.2, -0.15) is 0 Å². The molecule has 0 saturated carbocycles. The van der Waals surface area contributed by atoms with Crippen molar-refractivity contribution in [2.45, 2.75) is 25.9 Å². The van der Waals surface area contributed by atoms with Crippen molar-refractivity contribution in [2.75, 3.05) is 6.61 Å². The number of benzene rings is 1. The third kappa shape index (κ3) is 2.21. The largest absolute Gasteiger partial charge is 0.495 e. The van der Waals surface area contributed by atoms with E-state index in [-0.39, 0.29) is 0 Å². The highest BCUT2D eigenvalue weighted by Crippen LogP contribution is 2.26. The van der Waals surface area contributed by atoms with Crippen molar-refractivity contribution in [1.29, 1.82) is 0 Å². The molecular formula is C13H16O2. The second-order valence-corrected chi connectivity index (χ2v) is 3.74. The summed E-state index contributed by atoms with van der Waals surface area (Å²) in [6.45, 7) is 2.81. The minimum atomic E-state index is -0.599. The van der Waals surface area contributed by atoms with Gasteiger partial charge in [0.05, 0.1) is 6.61 Å². The number of aliphatic hydroxyl groups excluding tert-OH is 1. The van der Waals surface area contributed by atoms with Crippen molar-refractivity contribution in [1.82, 2.24) is 0 Å². The second kappa shape index (κ2) is 4.49. The number of hydrogen-bond donors (Lipinski definition) is 1. The molecule has 0 amide bonds. The summed E-state index contributed by atoms with van der Waals surface area (Å²) in [6, 6.07) is 8.03. The highest BCUT2D eigenvalue weighted by atomic mass is 16.5.